The topological polar surface area (TPSA) is 66.8 Å². The Hall–Kier alpha value is -3.21. The molecule has 0 fully saturated rings. The average molecular weight is 599 g/mol. The lowest BCUT2D eigenvalue weighted by Gasteiger charge is -2.37. The SMILES string of the molecule is CCCCCCCC/C=C\CCCCCCC[C@H](O)CC(=O)O[C@H](c1ccccc1)C(O)(c1ccccc1)c1ccccc1. The first kappa shape index (κ1) is 35.3. The number of esters is 1. The van der Waals surface area contributed by atoms with Crippen molar-refractivity contribution in [3.63, 3.8) is 0 Å². The van der Waals surface area contributed by atoms with Gasteiger partial charge >= 0.3 is 5.97 Å². The Labute approximate surface area is 266 Å². The number of carbonyl (C=O) groups excluding carboxylic acids is 1. The van der Waals surface area contributed by atoms with Gasteiger partial charge in [-0.3, -0.25) is 4.79 Å². The molecule has 4 nitrogen and oxygen atoms in total. The van der Waals surface area contributed by atoms with E-state index in [1.54, 1.807) is 0 Å². The molecule has 0 heterocycles. The van der Waals surface area contributed by atoms with E-state index < -0.39 is 23.8 Å². The molecule has 0 aliphatic carbocycles. The number of allylic oxidation sites excluding steroid dienone is 2. The average Bonchev–Trinajstić information content (AvgIpc) is 3.06. The third-order valence-electron chi connectivity index (χ3n) is 8.36. The van der Waals surface area contributed by atoms with Crippen molar-refractivity contribution in [3.05, 3.63) is 120 Å². The van der Waals surface area contributed by atoms with Crippen LogP contribution in [-0.2, 0) is 15.1 Å². The Morgan fingerprint density at radius 3 is 1.66 bits per heavy atom. The van der Waals surface area contributed by atoms with Crippen molar-refractivity contribution in [2.75, 3.05) is 0 Å². The van der Waals surface area contributed by atoms with Gasteiger partial charge in [0.05, 0.1) is 12.5 Å². The van der Waals surface area contributed by atoms with E-state index in [-0.39, 0.29) is 6.42 Å². The number of aliphatic hydroxyl groups excluding tert-OH is 1. The summed E-state index contributed by atoms with van der Waals surface area (Å²) in [6, 6.07) is 28.0. The molecule has 0 aliphatic rings. The van der Waals surface area contributed by atoms with E-state index in [0.717, 1.165) is 25.7 Å². The third kappa shape index (κ3) is 12.1. The van der Waals surface area contributed by atoms with Crippen molar-refractivity contribution in [1.29, 1.82) is 0 Å². The quantitative estimate of drug-likeness (QED) is 0.0686. The Balaban J connectivity index is 1.45. The number of rotatable bonds is 22. The zero-order valence-corrected chi connectivity index (χ0v) is 26.8. The first-order valence-corrected chi connectivity index (χ1v) is 17.0. The number of unbranched alkanes of at least 4 members (excludes halogenated alkanes) is 11. The predicted octanol–water partition coefficient (Wildman–Crippen LogP) is 10.00. The molecule has 0 aromatic heterocycles. The maximum absolute atomic E-state index is 13.2. The number of benzene rings is 3. The second kappa shape index (κ2) is 20.7. The number of carbonyl (C=O) groups is 1. The van der Waals surface area contributed by atoms with Crippen molar-refractivity contribution < 1.29 is 19.7 Å². The van der Waals surface area contributed by atoms with E-state index >= 15 is 0 Å². The molecule has 0 bridgehead atoms. The number of hydrogen-bond donors (Lipinski definition) is 2. The van der Waals surface area contributed by atoms with Gasteiger partial charge in [0.25, 0.3) is 0 Å². The molecule has 0 aliphatic heterocycles. The second-order valence-electron chi connectivity index (χ2n) is 12.0. The minimum atomic E-state index is -1.62. The van der Waals surface area contributed by atoms with Crippen LogP contribution in [0.5, 0.6) is 0 Å². The van der Waals surface area contributed by atoms with Gasteiger partial charge in [0.2, 0.25) is 0 Å². The molecule has 2 N–H and O–H groups in total. The smallest absolute Gasteiger partial charge is 0.309 e. The normalized spacial score (nSPS) is 13.2. The summed E-state index contributed by atoms with van der Waals surface area (Å²) in [5.41, 5.74) is 0.319. The molecule has 3 rings (SSSR count). The molecular weight excluding hydrogens is 544 g/mol. The molecule has 0 radical (unpaired) electrons. The predicted molar refractivity (Wildman–Crippen MR) is 181 cm³/mol. The van der Waals surface area contributed by atoms with E-state index in [1.807, 2.05) is 91.0 Å². The van der Waals surface area contributed by atoms with E-state index in [4.69, 9.17) is 4.74 Å². The third-order valence-corrected chi connectivity index (χ3v) is 8.36. The molecule has 0 saturated carbocycles. The van der Waals surface area contributed by atoms with Crippen LogP contribution in [0.2, 0.25) is 0 Å². The summed E-state index contributed by atoms with van der Waals surface area (Å²) in [7, 11) is 0. The van der Waals surface area contributed by atoms with Gasteiger partial charge in [-0.05, 0) is 48.8 Å². The van der Waals surface area contributed by atoms with Gasteiger partial charge in [0, 0.05) is 0 Å². The minimum absolute atomic E-state index is 0.105. The summed E-state index contributed by atoms with van der Waals surface area (Å²) in [5.74, 6) is -0.524. The zero-order chi connectivity index (χ0) is 31.3. The first-order valence-electron chi connectivity index (χ1n) is 17.0. The highest BCUT2D eigenvalue weighted by Gasteiger charge is 2.44. The highest BCUT2D eigenvalue weighted by atomic mass is 16.6. The Bertz CT molecular complexity index is 1140. The van der Waals surface area contributed by atoms with Crippen LogP contribution in [0.1, 0.15) is 126 Å². The molecule has 44 heavy (non-hydrogen) atoms. The zero-order valence-electron chi connectivity index (χ0n) is 26.8. The summed E-state index contributed by atoms with van der Waals surface area (Å²) in [6.07, 6.45) is 19.3. The van der Waals surface area contributed by atoms with Crippen molar-refractivity contribution in [1.82, 2.24) is 0 Å². The van der Waals surface area contributed by atoms with Gasteiger partial charge in [0.1, 0.15) is 0 Å². The molecule has 0 saturated heterocycles. The Morgan fingerprint density at radius 2 is 1.14 bits per heavy atom. The lowest BCUT2D eigenvalue weighted by atomic mass is 9.79. The number of hydrogen-bond acceptors (Lipinski definition) is 4. The van der Waals surface area contributed by atoms with Crippen LogP contribution >= 0.6 is 0 Å². The van der Waals surface area contributed by atoms with Crippen LogP contribution in [0.4, 0.5) is 0 Å². The van der Waals surface area contributed by atoms with Crippen LogP contribution in [-0.4, -0.2) is 22.3 Å². The summed E-state index contributed by atoms with van der Waals surface area (Å²) in [4.78, 5) is 13.2. The van der Waals surface area contributed by atoms with Crippen LogP contribution in [0.25, 0.3) is 0 Å². The molecule has 3 aromatic rings. The molecular formula is C40H54O4. The Kier molecular flexibility index (Phi) is 16.6. The summed E-state index contributed by atoms with van der Waals surface area (Å²) in [6.45, 7) is 2.26. The fraction of sp³-hybridized carbons (Fsp3) is 0.475. The Morgan fingerprint density at radius 1 is 0.682 bits per heavy atom. The summed E-state index contributed by atoms with van der Waals surface area (Å²) < 4.78 is 6.05. The fourth-order valence-corrected chi connectivity index (χ4v) is 5.80. The summed E-state index contributed by atoms with van der Waals surface area (Å²) >= 11 is 0. The van der Waals surface area contributed by atoms with Gasteiger partial charge in [-0.15, -0.1) is 0 Å². The van der Waals surface area contributed by atoms with Gasteiger partial charge in [-0.25, -0.2) is 0 Å². The van der Waals surface area contributed by atoms with Gasteiger partial charge < -0.3 is 14.9 Å². The molecule has 0 unspecified atom stereocenters. The maximum atomic E-state index is 13.2. The van der Waals surface area contributed by atoms with Crippen molar-refractivity contribution in [2.24, 2.45) is 0 Å². The fourth-order valence-electron chi connectivity index (χ4n) is 5.80. The van der Waals surface area contributed by atoms with Gasteiger partial charge in [0.15, 0.2) is 11.7 Å². The van der Waals surface area contributed by atoms with Crippen LogP contribution in [0, 0.1) is 0 Å². The van der Waals surface area contributed by atoms with Crippen molar-refractivity contribution >= 4 is 5.97 Å². The molecule has 4 heteroatoms. The minimum Gasteiger partial charge on any atom is -0.454 e. The van der Waals surface area contributed by atoms with Crippen LogP contribution in [0.15, 0.2) is 103 Å². The summed E-state index contributed by atoms with van der Waals surface area (Å²) in [5, 5.41) is 23.0. The van der Waals surface area contributed by atoms with E-state index in [9.17, 15) is 15.0 Å². The van der Waals surface area contributed by atoms with Crippen molar-refractivity contribution in [2.45, 2.75) is 121 Å². The largest absolute Gasteiger partial charge is 0.454 e. The van der Waals surface area contributed by atoms with E-state index in [0.29, 0.717) is 23.1 Å². The molecule has 3 aromatic carbocycles. The molecule has 0 amide bonds. The lowest BCUT2D eigenvalue weighted by molar-refractivity contribution is -0.165. The molecule has 238 valence electrons. The maximum Gasteiger partial charge on any atom is 0.309 e. The number of ether oxygens (including phenoxy) is 1. The van der Waals surface area contributed by atoms with E-state index in [2.05, 4.69) is 19.1 Å². The molecule has 0 spiro atoms. The second-order valence-corrected chi connectivity index (χ2v) is 12.0. The van der Waals surface area contributed by atoms with Crippen LogP contribution < -0.4 is 0 Å². The van der Waals surface area contributed by atoms with E-state index in [1.165, 1.54) is 57.8 Å². The molecule has 2 atom stereocenters. The van der Waals surface area contributed by atoms with Gasteiger partial charge in [-0.1, -0.05) is 168 Å². The lowest BCUT2D eigenvalue weighted by Crippen LogP contribution is -2.38. The standard InChI is InChI=1S/C40H54O4/c1-2-3-4-5-6-7-8-9-10-11-12-13-14-15-25-32-37(41)33-38(42)44-39(34-26-19-16-20-27-34)40(43,35-28-21-17-22-29-35)36-30-23-18-24-31-36/h9-10,16-24,26-31,37,39,41,43H,2-8,11-15,25,32-33H2,1H3/b10-9-/t37-,39+/m0/s1. The monoisotopic (exact) mass is 598 g/mol. The highest BCUT2D eigenvalue weighted by molar-refractivity contribution is 5.70. The highest BCUT2D eigenvalue weighted by Crippen LogP contribution is 2.43. The first-order chi connectivity index (χ1) is 21.6. The van der Waals surface area contributed by atoms with Crippen LogP contribution in [0.3, 0.4) is 0 Å². The van der Waals surface area contributed by atoms with Crippen molar-refractivity contribution in [3.8, 4) is 0 Å². The number of aliphatic hydroxyl groups is 2. The van der Waals surface area contributed by atoms with Gasteiger partial charge in [-0.2, -0.15) is 0 Å².